The smallest absolute Gasteiger partial charge is 0.265 e. The van der Waals surface area contributed by atoms with E-state index in [1.54, 1.807) is 7.05 Å². The fraction of sp³-hybridized carbons (Fsp3) is 0.600. The normalized spacial score (nSPS) is 14.7. The number of carbonyl (C=O) groups is 1. The predicted octanol–water partition coefficient (Wildman–Crippen LogP) is 3.55. The van der Waals surface area contributed by atoms with Gasteiger partial charge in [0, 0.05) is 26.2 Å². The Morgan fingerprint density at radius 3 is 2.81 bits per heavy atom. The zero-order valence-corrected chi connectivity index (χ0v) is 19.0. The van der Waals surface area contributed by atoms with Crippen LogP contribution in [0.15, 0.2) is 29.3 Å². The van der Waals surface area contributed by atoms with Crippen LogP contribution in [0.5, 0.6) is 5.75 Å². The Morgan fingerprint density at radius 2 is 2.07 bits per heavy atom. The van der Waals surface area contributed by atoms with Gasteiger partial charge in [0.05, 0.1) is 5.69 Å². The second-order valence-corrected chi connectivity index (χ2v) is 6.70. The minimum atomic E-state index is 0. The van der Waals surface area contributed by atoms with Crippen LogP contribution in [0.3, 0.4) is 0 Å². The quantitative estimate of drug-likeness (QED) is 0.242. The van der Waals surface area contributed by atoms with Gasteiger partial charge in [-0.25, -0.2) is 0 Å². The van der Waals surface area contributed by atoms with Crippen LogP contribution >= 0.6 is 24.0 Å². The van der Waals surface area contributed by atoms with Gasteiger partial charge in [-0.3, -0.25) is 9.79 Å². The number of amides is 1. The second-order valence-electron chi connectivity index (χ2n) is 6.70. The van der Waals surface area contributed by atoms with Gasteiger partial charge in [-0.05, 0) is 31.9 Å². The molecule has 1 aromatic carbocycles. The molecule has 1 aliphatic rings. The molecule has 27 heavy (non-hydrogen) atoms. The molecule has 0 radical (unpaired) electrons. The summed E-state index contributed by atoms with van der Waals surface area (Å²) in [6, 6.07) is 8.08. The number of para-hydroxylation sites is 2. The summed E-state index contributed by atoms with van der Waals surface area (Å²) >= 11 is 0. The molecule has 0 saturated carbocycles. The van der Waals surface area contributed by atoms with E-state index >= 15 is 0 Å². The van der Waals surface area contributed by atoms with E-state index in [2.05, 4.69) is 29.5 Å². The van der Waals surface area contributed by atoms with E-state index in [0.717, 1.165) is 36.8 Å². The maximum atomic E-state index is 12.2. The molecule has 0 bridgehead atoms. The number of hydrogen-bond acceptors (Lipinski definition) is 3. The topological polar surface area (TPSA) is 66.0 Å². The fourth-order valence-corrected chi connectivity index (χ4v) is 3.04. The Balaban J connectivity index is 0.00000364. The van der Waals surface area contributed by atoms with Gasteiger partial charge in [-0.15, -0.1) is 24.0 Å². The predicted molar refractivity (Wildman–Crippen MR) is 122 cm³/mol. The van der Waals surface area contributed by atoms with Gasteiger partial charge in [0.25, 0.3) is 5.91 Å². The van der Waals surface area contributed by atoms with Crippen LogP contribution in [0.4, 0.5) is 5.69 Å². The molecule has 1 amide bonds. The SMILES string of the molecule is CCCCCC(C)NC(=NC)NCCCN1C(=O)COc2ccccc21.I. The van der Waals surface area contributed by atoms with Gasteiger partial charge in [0.1, 0.15) is 5.75 Å². The number of carbonyl (C=O) groups excluding carboxylic acids is 1. The van der Waals surface area contributed by atoms with Crippen LogP contribution in [-0.4, -0.2) is 44.7 Å². The van der Waals surface area contributed by atoms with Gasteiger partial charge < -0.3 is 20.3 Å². The van der Waals surface area contributed by atoms with Crippen LogP contribution in [-0.2, 0) is 4.79 Å². The Morgan fingerprint density at radius 1 is 1.30 bits per heavy atom. The number of unbranched alkanes of at least 4 members (excludes halogenated alkanes) is 2. The maximum Gasteiger partial charge on any atom is 0.265 e. The highest BCUT2D eigenvalue weighted by Crippen LogP contribution is 2.31. The lowest BCUT2D eigenvalue weighted by Gasteiger charge is -2.29. The molecule has 0 fully saturated rings. The molecular formula is C20H33IN4O2. The fourth-order valence-electron chi connectivity index (χ4n) is 3.04. The Labute approximate surface area is 180 Å². The standard InChI is InChI=1S/C20H32N4O2.HI/c1-4-5-6-10-16(2)23-20(21-3)22-13-9-14-24-17-11-7-8-12-18(17)26-15-19(24)25;/h7-8,11-12,16H,4-6,9-10,13-15H2,1-3H3,(H2,21,22,23);1H. The molecule has 152 valence electrons. The van der Waals surface area contributed by atoms with Gasteiger partial charge >= 0.3 is 0 Å². The number of ether oxygens (including phenoxy) is 1. The van der Waals surface area contributed by atoms with Crippen molar-refractivity contribution < 1.29 is 9.53 Å². The molecule has 7 heteroatoms. The highest BCUT2D eigenvalue weighted by atomic mass is 127. The van der Waals surface area contributed by atoms with Gasteiger partial charge in [-0.1, -0.05) is 38.3 Å². The van der Waals surface area contributed by atoms with Crippen molar-refractivity contribution in [2.75, 3.05) is 31.6 Å². The highest BCUT2D eigenvalue weighted by Gasteiger charge is 2.24. The largest absolute Gasteiger partial charge is 0.482 e. The van der Waals surface area contributed by atoms with Gasteiger partial charge in [0.2, 0.25) is 0 Å². The third-order valence-electron chi connectivity index (χ3n) is 4.51. The molecule has 1 aromatic rings. The van der Waals surface area contributed by atoms with E-state index in [-0.39, 0.29) is 36.5 Å². The number of rotatable bonds is 9. The number of hydrogen-bond donors (Lipinski definition) is 2. The third kappa shape index (κ3) is 7.56. The van der Waals surface area contributed by atoms with Crippen LogP contribution < -0.4 is 20.3 Å². The molecule has 0 saturated heterocycles. The van der Waals surface area contributed by atoms with Crippen molar-refractivity contribution in [2.45, 2.75) is 52.0 Å². The lowest BCUT2D eigenvalue weighted by atomic mass is 10.1. The zero-order chi connectivity index (χ0) is 18.8. The van der Waals surface area contributed by atoms with Crippen LogP contribution in [0.1, 0.15) is 46.0 Å². The maximum absolute atomic E-state index is 12.2. The average molecular weight is 488 g/mol. The van der Waals surface area contributed by atoms with E-state index < -0.39 is 0 Å². The van der Waals surface area contributed by atoms with Crippen molar-refractivity contribution in [1.82, 2.24) is 10.6 Å². The number of fused-ring (bicyclic) bond motifs is 1. The first-order valence-electron chi connectivity index (χ1n) is 9.65. The molecule has 1 aliphatic heterocycles. The van der Waals surface area contributed by atoms with Crippen molar-refractivity contribution in [2.24, 2.45) is 4.99 Å². The average Bonchev–Trinajstić information content (AvgIpc) is 2.65. The summed E-state index contributed by atoms with van der Waals surface area (Å²) < 4.78 is 5.48. The Bertz CT molecular complexity index is 609. The van der Waals surface area contributed by atoms with Gasteiger partial charge in [0.15, 0.2) is 12.6 Å². The van der Waals surface area contributed by atoms with Crippen molar-refractivity contribution in [3.8, 4) is 5.75 Å². The first-order chi connectivity index (χ1) is 12.7. The number of aliphatic imine (C=N–C) groups is 1. The summed E-state index contributed by atoms with van der Waals surface area (Å²) in [5.41, 5.74) is 0.857. The van der Waals surface area contributed by atoms with Crippen molar-refractivity contribution in [1.29, 1.82) is 0 Å². The lowest BCUT2D eigenvalue weighted by molar-refractivity contribution is -0.121. The first-order valence-corrected chi connectivity index (χ1v) is 9.65. The van der Waals surface area contributed by atoms with E-state index in [1.165, 1.54) is 19.3 Å². The van der Waals surface area contributed by atoms with E-state index in [1.807, 2.05) is 29.2 Å². The molecule has 0 aliphatic carbocycles. The lowest BCUT2D eigenvalue weighted by Crippen LogP contribution is -2.44. The summed E-state index contributed by atoms with van der Waals surface area (Å²) in [7, 11) is 1.79. The molecule has 0 aromatic heterocycles. The molecule has 2 rings (SSSR count). The third-order valence-corrected chi connectivity index (χ3v) is 4.51. The monoisotopic (exact) mass is 488 g/mol. The number of nitrogens with zero attached hydrogens (tertiary/aromatic N) is 2. The van der Waals surface area contributed by atoms with Crippen molar-refractivity contribution in [3.63, 3.8) is 0 Å². The van der Waals surface area contributed by atoms with Crippen molar-refractivity contribution >= 4 is 41.5 Å². The molecule has 2 N–H and O–H groups in total. The summed E-state index contributed by atoms with van der Waals surface area (Å²) in [6.07, 6.45) is 5.73. The molecule has 0 spiro atoms. The minimum absolute atomic E-state index is 0. The number of anilines is 1. The van der Waals surface area contributed by atoms with Crippen molar-refractivity contribution in [3.05, 3.63) is 24.3 Å². The summed E-state index contributed by atoms with van der Waals surface area (Å²) in [5.74, 6) is 1.61. The highest BCUT2D eigenvalue weighted by molar-refractivity contribution is 14.0. The second kappa shape index (κ2) is 12.8. The first kappa shape index (κ1) is 23.5. The number of nitrogens with one attached hydrogen (secondary N) is 2. The van der Waals surface area contributed by atoms with E-state index in [9.17, 15) is 4.79 Å². The molecule has 1 atom stereocenters. The number of guanidine groups is 1. The molecule has 1 unspecified atom stereocenters. The number of benzene rings is 1. The van der Waals surface area contributed by atoms with E-state index in [0.29, 0.717) is 12.6 Å². The summed E-state index contributed by atoms with van der Waals surface area (Å²) in [4.78, 5) is 18.3. The van der Waals surface area contributed by atoms with Crippen LogP contribution in [0, 0.1) is 0 Å². The minimum Gasteiger partial charge on any atom is -0.482 e. The number of halogens is 1. The van der Waals surface area contributed by atoms with Crippen LogP contribution in [0.2, 0.25) is 0 Å². The Hall–Kier alpha value is -1.51. The van der Waals surface area contributed by atoms with Crippen LogP contribution in [0.25, 0.3) is 0 Å². The summed E-state index contributed by atoms with van der Waals surface area (Å²) in [6.45, 7) is 5.94. The molecule has 6 nitrogen and oxygen atoms in total. The van der Waals surface area contributed by atoms with E-state index in [4.69, 9.17) is 4.74 Å². The Kier molecular flexibility index (Phi) is 11.2. The summed E-state index contributed by atoms with van der Waals surface area (Å²) in [5, 5.41) is 6.77. The molecule has 1 heterocycles. The zero-order valence-electron chi connectivity index (χ0n) is 16.7. The van der Waals surface area contributed by atoms with Gasteiger partial charge in [-0.2, -0.15) is 0 Å². The molecular weight excluding hydrogens is 455 g/mol.